The summed E-state index contributed by atoms with van der Waals surface area (Å²) < 4.78 is 2.16. The number of benzene rings is 1. The molecule has 0 N–H and O–H groups in total. The van der Waals surface area contributed by atoms with Gasteiger partial charge in [-0.25, -0.2) is 4.98 Å². The Bertz CT molecular complexity index is 678. The van der Waals surface area contributed by atoms with Gasteiger partial charge >= 0.3 is 0 Å². The summed E-state index contributed by atoms with van der Waals surface area (Å²) in [4.78, 5) is 18.8. The number of amides is 1. The highest BCUT2D eigenvalue weighted by molar-refractivity contribution is 7.99. The minimum Gasteiger partial charge on any atom is -0.338 e. The first-order valence-electron chi connectivity index (χ1n) is 7.57. The van der Waals surface area contributed by atoms with E-state index in [0.29, 0.717) is 18.8 Å². The van der Waals surface area contributed by atoms with Crippen LogP contribution in [0.15, 0.2) is 41.6 Å². The number of nitrogens with zero attached hydrogens (tertiary/aromatic N) is 3. The van der Waals surface area contributed by atoms with E-state index < -0.39 is 0 Å². The highest BCUT2D eigenvalue weighted by Gasteiger charge is 2.15. The molecular formula is C17H23N3OS. The van der Waals surface area contributed by atoms with Crippen LogP contribution in [0.2, 0.25) is 0 Å². The molecule has 2 rings (SSSR count). The van der Waals surface area contributed by atoms with Gasteiger partial charge < -0.3 is 9.47 Å². The third-order valence-electron chi connectivity index (χ3n) is 3.46. The maximum atomic E-state index is 12.3. The van der Waals surface area contributed by atoms with Crippen LogP contribution in [0.3, 0.4) is 0 Å². The summed E-state index contributed by atoms with van der Waals surface area (Å²) in [6, 6.07) is 8.08. The molecular weight excluding hydrogens is 294 g/mol. The molecule has 0 aliphatic heterocycles. The van der Waals surface area contributed by atoms with Gasteiger partial charge in [-0.15, -0.1) is 0 Å². The molecule has 0 atom stereocenters. The summed E-state index contributed by atoms with van der Waals surface area (Å²) in [5.74, 6) is 0.537. The van der Waals surface area contributed by atoms with E-state index in [4.69, 9.17) is 0 Å². The standard InChI is InChI=1S/C17H23N3OS/c1-5-19(11-13(3)4)16(21)12-22-17-18-14-9-7-8-10-15(14)20(17)6-2/h7-10H,3,5-6,11-12H2,1-2,4H3. The van der Waals surface area contributed by atoms with E-state index in [2.05, 4.69) is 29.1 Å². The lowest BCUT2D eigenvalue weighted by molar-refractivity contribution is -0.127. The number of para-hydroxylation sites is 2. The molecule has 0 spiro atoms. The van der Waals surface area contributed by atoms with Gasteiger partial charge in [0.25, 0.3) is 0 Å². The zero-order chi connectivity index (χ0) is 16.1. The van der Waals surface area contributed by atoms with Crippen LogP contribution in [0.25, 0.3) is 11.0 Å². The van der Waals surface area contributed by atoms with E-state index >= 15 is 0 Å². The lowest BCUT2D eigenvalue weighted by atomic mass is 10.3. The second-order valence-electron chi connectivity index (χ2n) is 5.28. The van der Waals surface area contributed by atoms with Gasteiger partial charge in [-0.05, 0) is 32.9 Å². The summed E-state index contributed by atoms with van der Waals surface area (Å²) in [5.41, 5.74) is 3.10. The summed E-state index contributed by atoms with van der Waals surface area (Å²) in [6.07, 6.45) is 0. The Labute approximate surface area is 136 Å². The molecule has 118 valence electrons. The molecule has 0 aliphatic rings. The molecule has 1 heterocycles. The minimum atomic E-state index is 0.130. The quantitative estimate of drug-likeness (QED) is 0.579. The SMILES string of the molecule is C=C(C)CN(CC)C(=O)CSc1nc2ccccc2n1CC. The third kappa shape index (κ3) is 3.71. The number of aryl methyl sites for hydroxylation is 1. The smallest absolute Gasteiger partial charge is 0.233 e. The predicted molar refractivity (Wildman–Crippen MR) is 93.2 cm³/mol. The molecule has 1 aromatic heterocycles. The highest BCUT2D eigenvalue weighted by atomic mass is 32.2. The zero-order valence-electron chi connectivity index (χ0n) is 13.5. The van der Waals surface area contributed by atoms with Crippen molar-refractivity contribution in [2.24, 2.45) is 0 Å². The molecule has 1 aromatic carbocycles. The van der Waals surface area contributed by atoms with Gasteiger partial charge in [-0.3, -0.25) is 4.79 Å². The molecule has 0 radical (unpaired) electrons. The Kier molecular flexibility index (Phi) is 5.66. The fourth-order valence-corrected chi connectivity index (χ4v) is 3.37. The number of fused-ring (bicyclic) bond motifs is 1. The number of thioether (sulfide) groups is 1. The molecule has 2 aromatic rings. The van der Waals surface area contributed by atoms with Crippen LogP contribution in [-0.4, -0.2) is 39.2 Å². The van der Waals surface area contributed by atoms with Crippen molar-refractivity contribution >= 4 is 28.7 Å². The average Bonchev–Trinajstić information content (AvgIpc) is 2.87. The van der Waals surface area contributed by atoms with Crippen molar-refractivity contribution in [1.82, 2.24) is 14.5 Å². The van der Waals surface area contributed by atoms with Crippen LogP contribution in [0.4, 0.5) is 0 Å². The predicted octanol–water partition coefficient (Wildman–Crippen LogP) is 3.57. The van der Waals surface area contributed by atoms with E-state index in [-0.39, 0.29) is 5.91 Å². The number of aromatic nitrogens is 2. The summed E-state index contributed by atoms with van der Waals surface area (Å²) in [6.45, 7) is 12.1. The molecule has 0 saturated heterocycles. The summed E-state index contributed by atoms with van der Waals surface area (Å²) in [7, 11) is 0. The van der Waals surface area contributed by atoms with Crippen molar-refractivity contribution in [1.29, 1.82) is 0 Å². The van der Waals surface area contributed by atoms with E-state index in [1.807, 2.05) is 36.9 Å². The van der Waals surface area contributed by atoms with Gasteiger partial charge in [0.15, 0.2) is 5.16 Å². The number of hydrogen-bond donors (Lipinski definition) is 0. The van der Waals surface area contributed by atoms with Gasteiger partial charge in [0.05, 0.1) is 16.8 Å². The van der Waals surface area contributed by atoms with Crippen molar-refractivity contribution < 1.29 is 4.79 Å². The van der Waals surface area contributed by atoms with Gasteiger partial charge in [0.1, 0.15) is 0 Å². The number of carbonyl (C=O) groups is 1. The zero-order valence-corrected chi connectivity index (χ0v) is 14.3. The van der Waals surface area contributed by atoms with Crippen LogP contribution in [0.5, 0.6) is 0 Å². The molecule has 22 heavy (non-hydrogen) atoms. The van der Waals surface area contributed by atoms with Crippen molar-refractivity contribution in [3.05, 3.63) is 36.4 Å². The second kappa shape index (κ2) is 7.49. The molecule has 0 bridgehead atoms. The highest BCUT2D eigenvalue weighted by Crippen LogP contribution is 2.24. The molecule has 4 nitrogen and oxygen atoms in total. The monoisotopic (exact) mass is 317 g/mol. The normalized spacial score (nSPS) is 10.9. The Morgan fingerprint density at radius 3 is 2.73 bits per heavy atom. The number of hydrogen-bond acceptors (Lipinski definition) is 3. The first-order valence-corrected chi connectivity index (χ1v) is 8.55. The van der Waals surface area contributed by atoms with Crippen LogP contribution < -0.4 is 0 Å². The fourth-order valence-electron chi connectivity index (χ4n) is 2.39. The topological polar surface area (TPSA) is 38.1 Å². The molecule has 0 aliphatic carbocycles. The number of carbonyl (C=O) groups excluding carboxylic acids is 1. The largest absolute Gasteiger partial charge is 0.338 e. The molecule has 0 fully saturated rings. The molecule has 0 unspecified atom stereocenters. The maximum absolute atomic E-state index is 12.3. The van der Waals surface area contributed by atoms with E-state index in [0.717, 1.165) is 28.3 Å². The summed E-state index contributed by atoms with van der Waals surface area (Å²) >= 11 is 1.51. The average molecular weight is 317 g/mol. The molecule has 0 saturated carbocycles. The molecule has 1 amide bonds. The third-order valence-corrected chi connectivity index (χ3v) is 4.42. The Morgan fingerprint density at radius 2 is 2.09 bits per heavy atom. The first kappa shape index (κ1) is 16.6. The van der Waals surface area contributed by atoms with Crippen molar-refractivity contribution in [2.75, 3.05) is 18.8 Å². The van der Waals surface area contributed by atoms with Crippen molar-refractivity contribution in [3.8, 4) is 0 Å². The fraction of sp³-hybridized carbons (Fsp3) is 0.412. The van der Waals surface area contributed by atoms with Gasteiger partial charge in [0.2, 0.25) is 5.91 Å². The van der Waals surface area contributed by atoms with Crippen molar-refractivity contribution in [2.45, 2.75) is 32.5 Å². The van der Waals surface area contributed by atoms with Gasteiger partial charge in [-0.2, -0.15) is 0 Å². The van der Waals surface area contributed by atoms with Gasteiger partial charge in [0, 0.05) is 19.6 Å². The van der Waals surface area contributed by atoms with E-state index in [1.165, 1.54) is 11.8 Å². The Balaban J connectivity index is 2.11. The Hall–Kier alpha value is -1.75. The van der Waals surface area contributed by atoms with Crippen LogP contribution in [-0.2, 0) is 11.3 Å². The summed E-state index contributed by atoms with van der Waals surface area (Å²) in [5, 5.41) is 0.906. The van der Waals surface area contributed by atoms with Crippen LogP contribution in [0.1, 0.15) is 20.8 Å². The van der Waals surface area contributed by atoms with Crippen LogP contribution >= 0.6 is 11.8 Å². The lowest BCUT2D eigenvalue weighted by Gasteiger charge is -2.20. The second-order valence-corrected chi connectivity index (χ2v) is 6.22. The Morgan fingerprint density at radius 1 is 1.36 bits per heavy atom. The number of rotatable bonds is 7. The number of likely N-dealkylation sites (N-methyl/N-ethyl adjacent to an activating group) is 1. The lowest BCUT2D eigenvalue weighted by Crippen LogP contribution is -2.33. The van der Waals surface area contributed by atoms with Gasteiger partial charge in [-0.1, -0.05) is 36.0 Å². The maximum Gasteiger partial charge on any atom is 0.233 e. The number of imidazole rings is 1. The van der Waals surface area contributed by atoms with Crippen molar-refractivity contribution in [3.63, 3.8) is 0 Å². The first-order chi connectivity index (χ1) is 10.6. The van der Waals surface area contributed by atoms with E-state index in [9.17, 15) is 4.79 Å². The van der Waals surface area contributed by atoms with E-state index in [1.54, 1.807) is 0 Å². The van der Waals surface area contributed by atoms with Crippen LogP contribution in [0, 0.1) is 0 Å². The molecule has 5 heteroatoms. The minimum absolute atomic E-state index is 0.130.